The van der Waals surface area contributed by atoms with Gasteiger partial charge in [-0.3, -0.25) is 0 Å². The predicted octanol–water partition coefficient (Wildman–Crippen LogP) is 27.0. The molecule has 0 N–H and O–H groups in total. The fourth-order valence-corrected chi connectivity index (χ4v) is 10.9. The Morgan fingerprint density at radius 2 is 0.118 bits per heavy atom. The molecule has 0 amide bonds. The molecule has 0 nitrogen and oxygen atoms in total. The average Bonchev–Trinajstić information content (AvgIpc) is 3.35. The Bertz CT molecular complexity index is 706. The lowest BCUT2D eigenvalue weighted by Crippen LogP contribution is -1.85. The van der Waals surface area contributed by atoms with E-state index in [9.17, 15) is 0 Å². The Morgan fingerprint density at radius 3 is 0.162 bits per heavy atom. The van der Waals surface area contributed by atoms with Crippen LogP contribution in [0.2, 0.25) is 0 Å². The first-order chi connectivity index (χ1) is 33.8. The molecular weight excluding hydrogens is 817 g/mol. The van der Waals surface area contributed by atoms with Crippen LogP contribution in [0.4, 0.5) is 0 Å². The smallest absolute Gasteiger partial charge is 0.0533 e. The van der Waals surface area contributed by atoms with Crippen LogP contribution in [-0.2, 0) is 0 Å². The minimum absolute atomic E-state index is 1.37. The zero-order valence-electron chi connectivity index (χ0n) is 49.3. The number of rotatable bonds is 62. The van der Waals surface area contributed by atoms with E-state index in [-0.39, 0.29) is 0 Å². The molecule has 0 heterocycles. The van der Waals surface area contributed by atoms with Crippen molar-refractivity contribution in [3.63, 3.8) is 0 Å². The highest BCUT2D eigenvalue weighted by Crippen LogP contribution is 2.19. The highest BCUT2D eigenvalue weighted by Gasteiger charge is 2.00. The maximum atomic E-state index is 2.31. The molecule has 0 aliphatic heterocycles. The fraction of sp³-hybridized carbons (Fsp3) is 1.00. The van der Waals surface area contributed by atoms with Crippen molar-refractivity contribution in [3.8, 4) is 0 Å². The summed E-state index contributed by atoms with van der Waals surface area (Å²) in [7, 11) is 0. The van der Waals surface area contributed by atoms with Gasteiger partial charge in [-0.05, 0) is 0 Å². The van der Waals surface area contributed by atoms with Gasteiger partial charge < -0.3 is 0 Å². The second-order valence-electron chi connectivity index (χ2n) is 23.2. The summed E-state index contributed by atoms with van der Waals surface area (Å²) in [6.45, 7) is 9.23. The van der Waals surface area contributed by atoms with E-state index in [1.807, 2.05) is 0 Å². The third-order valence-corrected chi connectivity index (χ3v) is 15.9. The molecule has 0 saturated carbocycles. The third kappa shape index (κ3) is 72.5. The molecule has 0 heteroatoms. The topological polar surface area (TPSA) is 0 Å². The molecule has 0 spiro atoms. The van der Waals surface area contributed by atoms with Crippen LogP contribution >= 0.6 is 0 Å². The molecule has 0 saturated heterocycles. The molecule has 0 fully saturated rings. The predicted molar refractivity (Wildman–Crippen MR) is 318 cm³/mol. The number of unbranched alkanes of at least 4 members (excludes halogenated alkanes) is 62. The highest BCUT2D eigenvalue weighted by atomic mass is 14.1. The molecular formula is C68H140. The van der Waals surface area contributed by atoms with Gasteiger partial charge in [0, 0.05) is 0 Å². The lowest BCUT2D eigenvalue weighted by atomic mass is 10.0. The average molecular weight is 958 g/mol. The van der Waals surface area contributed by atoms with Crippen LogP contribution in [0.3, 0.4) is 0 Å². The lowest BCUT2D eigenvalue weighted by Gasteiger charge is -2.04. The van der Waals surface area contributed by atoms with Crippen LogP contribution < -0.4 is 0 Å². The van der Waals surface area contributed by atoms with Crippen molar-refractivity contribution in [2.24, 2.45) is 0 Å². The van der Waals surface area contributed by atoms with E-state index in [1.165, 1.54) is 411 Å². The Morgan fingerprint density at radius 1 is 0.0735 bits per heavy atom. The number of hydrogen-bond acceptors (Lipinski definition) is 0. The second kappa shape index (κ2) is 71.3. The molecule has 0 radical (unpaired) electrons. The molecule has 0 aliphatic carbocycles. The second-order valence-corrected chi connectivity index (χ2v) is 23.2. The Labute approximate surface area is 436 Å². The summed E-state index contributed by atoms with van der Waals surface area (Å²) in [6.07, 6.45) is 94.8. The zero-order valence-corrected chi connectivity index (χ0v) is 49.3. The largest absolute Gasteiger partial charge is 0.0654 e. The highest BCUT2D eigenvalue weighted by molar-refractivity contribution is 4.55. The first kappa shape index (κ1) is 70.1. The molecule has 0 unspecified atom stereocenters. The van der Waals surface area contributed by atoms with Crippen molar-refractivity contribution in [1.82, 2.24) is 0 Å². The molecule has 0 aliphatic rings. The maximum absolute atomic E-state index is 2.31. The molecule has 0 bridgehead atoms. The van der Waals surface area contributed by atoms with E-state index in [2.05, 4.69) is 27.7 Å². The zero-order chi connectivity index (χ0) is 49.3. The van der Waals surface area contributed by atoms with Crippen molar-refractivity contribution >= 4 is 0 Å². The van der Waals surface area contributed by atoms with Crippen LogP contribution in [0, 0.1) is 0 Å². The standard InChI is InChI=1S/C35H72.C33H68/c1-3-5-7-9-11-13-15-17-19-21-23-25-27-29-31-33-35-34-32-30-28-26-24-22-20-18-16-14-12-10-8-6-4-2;1-3-5-7-9-11-13-15-17-19-21-23-25-27-29-31-33-32-30-28-26-24-22-20-18-16-14-12-10-8-6-4-2/h3-35H2,1-2H3;3-33H2,1-2H3. The Kier molecular flexibility index (Phi) is 73.4. The lowest BCUT2D eigenvalue weighted by molar-refractivity contribution is 0.512. The Hall–Kier alpha value is 0. The monoisotopic (exact) mass is 957 g/mol. The molecule has 0 aromatic rings. The minimum atomic E-state index is 1.37. The summed E-state index contributed by atoms with van der Waals surface area (Å²) in [5.74, 6) is 0. The quantitative estimate of drug-likeness (QED) is 0.0533. The van der Waals surface area contributed by atoms with Gasteiger partial charge in [0.15, 0.2) is 0 Å². The normalized spacial score (nSPS) is 11.5. The van der Waals surface area contributed by atoms with Gasteiger partial charge in [0.25, 0.3) is 0 Å². The molecule has 412 valence electrons. The first-order valence-corrected chi connectivity index (χ1v) is 33.8. The van der Waals surface area contributed by atoms with Gasteiger partial charge in [0.05, 0.1) is 0 Å². The third-order valence-electron chi connectivity index (χ3n) is 15.9. The molecule has 0 atom stereocenters. The minimum Gasteiger partial charge on any atom is -0.0654 e. The summed E-state index contributed by atoms with van der Waals surface area (Å²) < 4.78 is 0. The molecule has 0 aromatic carbocycles. The SMILES string of the molecule is CCCCCCCCCCCCCCCCCCCCCCCCCCCCCCCCC.CCCCCCCCCCCCCCCCCCCCCCCCCCCCCCCCCCC. The van der Waals surface area contributed by atoms with E-state index in [4.69, 9.17) is 0 Å². The van der Waals surface area contributed by atoms with Gasteiger partial charge in [0.1, 0.15) is 0 Å². The summed E-state index contributed by atoms with van der Waals surface area (Å²) in [5.41, 5.74) is 0. The van der Waals surface area contributed by atoms with Crippen LogP contribution in [-0.4, -0.2) is 0 Å². The van der Waals surface area contributed by atoms with Crippen molar-refractivity contribution in [2.45, 2.75) is 439 Å². The molecule has 0 rings (SSSR count). The van der Waals surface area contributed by atoms with Gasteiger partial charge in [-0.1, -0.05) is 439 Å². The van der Waals surface area contributed by atoms with E-state index >= 15 is 0 Å². The fourth-order valence-electron chi connectivity index (χ4n) is 10.9. The van der Waals surface area contributed by atoms with Crippen molar-refractivity contribution in [3.05, 3.63) is 0 Å². The first-order valence-electron chi connectivity index (χ1n) is 33.8. The van der Waals surface area contributed by atoms with Crippen LogP contribution in [0.5, 0.6) is 0 Å². The summed E-state index contributed by atoms with van der Waals surface area (Å²) in [6, 6.07) is 0. The van der Waals surface area contributed by atoms with Crippen molar-refractivity contribution in [2.75, 3.05) is 0 Å². The van der Waals surface area contributed by atoms with Crippen LogP contribution in [0.25, 0.3) is 0 Å². The molecule has 0 aromatic heterocycles. The molecule has 68 heavy (non-hydrogen) atoms. The van der Waals surface area contributed by atoms with E-state index < -0.39 is 0 Å². The number of hydrogen-bond donors (Lipinski definition) is 0. The summed E-state index contributed by atoms with van der Waals surface area (Å²) in [5, 5.41) is 0. The van der Waals surface area contributed by atoms with Gasteiger partial charge in [-0.15, -0.1) is 0 Å². The van der Waals surface area contributed by atoms with Crippen molar-refractivity contribution < 1.29 is 0 Å². The van der Waals surface area contributed by atoms with Crippen molar-refractivity contribution in [1.29, 1.82) is 0 Å². The van der Waals surface area contributed by atoms with Gasteiger partial charge >= 0.3 is 0 Å². The Balaban J connectivity index is 0. The van der Waals surface area contributed by atoms with Gasteiger partial charge in [-0.25, -0.2) is 0 Å². The maximum Gasteiger partial charge on any atom is -0.0533 e. The van der Waals surface area contributed by atoms with E-state index in [0.29, 0.717) is 0 Å². The summed E-state index contributed by atoms with van der Waals surface area (Å²) >= 11 is 0. The van der Waals surface area contributed by atoms with Crippen LogP contribution in [0.1, 0.15) is 439 Å². The van der Waals surface area contributed by atoms with Gasteiger partial charge in [0.2, 0.25) is 0 Å². The van der Waals surface area contributed by atoms with E-state index in [1.54, 1.807) is 0 Å². The van der Waals surface area contributed by atoms with Gasteiger partial charge in [-0.2, -0.15) is 0 Å². The summed E-state index contributed by atoms with van der Waals surface area (Å²) in [4.78, 5) is 0. The van der Waals surface area contributed by atoms with Crippen LogP contribution in [0.15, 0.2) is 0 Å². The van der Waals surface area contributed by atoms with E-state index in [0.717, 1.165) is 0 Å².